The Morgan fingerprint density at radius 1 is 0.696 bits per heavy atom. The molecule has 0 fully saturated rings. The average molecular weight is 875 g/mol. The smallest absolute Gasteiger partial charge is 0.408 e. The Morgan fingerprint density at radius 2 is 1.30 bits per heavy atom. The van der Waals surface area contributed by atoms with E-state index in [4.69, 9.17) is 24.7 Å². The van der Waals surface area contributed by atoms with Crippen LogP contribution in [-0.2, 0) is 25.3 Å². The van der Waals surface area contributed by atoms with Crippen LogP contribution in [0.5, 0.6) is 0 Å². The number of aliphatic hydroxyl groups excluding tert-OH is 2. The summed E-state index contributed by atoms with van der Waals surface area (Å²) in [4.78, 5) is 41.6. The number of alkyl carbamates (subject to hydrolysis) is 1. The van der Waals surface area contributed by atoms with Crippen molar-refractivity contribution in [3.8, 4) is 0 Å². The second-order valence-corrected chi connectivity index (χ2v) is 21.2. The molecule has 0 saturated carbocycles. The largest absolute Gasteiger partial charge is 0.438 e. The molecule has 0 aromatic rings. The van der Waals surface area contributed by atoms with Crippen molar-refractivity contribution >= 4 is 163 Å². The van der Waals surface area contributed by atoms with E-state index < -0.39 is 16.9 Å². The predicted molar refractivity (Wildman–Crippen MR) is 221 cm³/mol. The molecule has 2 amide bonds. The molecule has 0 saturated heterocycles. The normalized spacial score (nSPS) is 12.1. The van der Waals surface area contributed by atoms with Crippen LogP contribution in [0.25, 0.3) is 0 Å². The lowest BCUT2D eigenvalue weighted by Crippen LogP contribution is -2.24. The minimum Gasteiger partial charge on any atom is -0.438 e. The molecule has 0 aliphatic rings. The van der Waals surface area contributed by atoms with Gasteiger partial charge in [-0.15, -0.1) is 118 Å². The van der Waals surface area contributed by atoms with E-state index in [1.54, 1.807) is 70.6 Å². The minimum absolute atomic E-state index is 0.0273. The van der Waals surface area contributed by atoms with Crippen LogP contribution in [0.3, 0.4) is 0 Å². The quantitative estimate of drug-likeness (QED) is 0.0155. The van der Waals surface area contributed by atoms with Crippen LogP contribution in [0.1, 0.15) is 0 Å². The molecule has 0 aromatic heterocycles. The summed E-state index contributed by atoms with van der Waals surface area (Å²) >= 11 is 16.8. The predicted octanol–water partition coefficient (Wildman–Crippen LogP) is 5.72. The second-order valence-electron chi connectivity index (χ2n) is 7.17. The molecule has 46 heavy (non-hydrogen) atoms. The van der Waals surface area contributed by atoms with Gasteiger partial charge in [-0.1, -0.05) is 11.8 Å². The third-order valence-electron chi connectivity index (χ3n) is 3.86. The van der Waals surface area contributed by atoms with Crippen molar-refractivity contribution in [1.29, 1.82) is 0 Å². The summed E-state index contributed by atoms with van der Waals surface area (Å²) in [5.41, 5.74) is 1.48. The molecule has 0 bridgehead atoms. The number of carbonyl (C=O) groups excluding carboxylic acids is 2. The number of aliphatic hydroxyl groups is 2. The zero-order valence-corrected chi connectivity index (χ0v) is 34.8. The third-order valence-corrected chi connectivity index (χ3v) is 16.1. The summed E-state index contributed by atoms with van der Waals surface area (Å²) < 4.78 is 16.8. The molecule has 0 rings (SSSR count). The Balaban J connectivity index is 3.32. The maximum atomic E-state index is 11.7. The van der Waals surface area contributed by atoms with E-state index >= 15 is 0 Å². The fourth-order valence-electron chi connectivity index (χ4n) is 2.00. The van der Waals surface area contributed by atoms with Crippen molar-refractivity contribution < 1.29 is 38.5 Å². The Morgan fingerprint density at radius 3 is 2.02 bits per heavy atom. The summed E-state index contributed by atoms with van der Waals surface area (Å²) in [7, 11) is -1.08. The lowest BCUT2D eigenvalue weighted by atomic mass is 11.0. The molecule has 12 nitrogen and oxygen atoms in total. The fourth-order valence-corrected chi connectivity index (χ4v) is 12.3. The Hall–Kier alpha value is 1.76. The van der Waals surface area contributed by atoms with Gasteiger partial charge in [0.2, 0.25) is 6.40 Å². The standard InChI is InChI=1S/C22H42N4O8S12/c27-13-41-17-43-19-45-22(30)26-11-38-4-1-35-8-23-7-33-34-16-40-6-5-39-15-32-21(29)25-10-37-3-2-36-9-24-12-46(31)20-44-18-42-14-28/h7,12,27-28H,1-6,8-11,13-20H2,(H,25,29)(H,26,30). The number of hydrogen-bond acceptors (Lipinski definition) is 21. The van der Waals surface area contributed by atoms with E-state index in [1.165, 1.54) is 70.8 Å². The molecule has 0 radical (unpaired) electrons. The molecule has 4 N–H and O–H groups in total. The highest BCUT2D eigenvalue weighted by Gasteiger charge is 2.03. The Kier molecular flexibility index (Phi) is 42.8. The molecule has 1 atom stereocenters. The lowest BCUT2D eigenvalue weighted by Gasteiger charge is -2.06. The van der Waals surface area contributed by atoms with Crippen molar-refractivity contribution in [3.05, 3.63) is 0 Å². The van der Waals surface area contributed by atoms with Gasteiger partial charge in [0.25, 0.3) is 5.24 Å². The van der Waals surface area contributed by atoms with E-state index in [9.17, 15) is 13.8 Å². The summed E-state index contributed by atoms with van der Waals surface area (Å²) in [6, 6.07) is 0. The summed E-state index contributed by atoms with van der Waals surface area (Å²) in [5.74, 6) is 8.19. The first kappa shape index (κ1) is 47.8. The molecule has 270 valence electrons. The number of thioether (sulfide) groups is 11. The van der Waals surface area contributed by atoms with Crippen molar-refractivity contribution in [1.82, 2.24) is 10.6 Å². The van der Waals surface area contributed by atoms with E-state index in [1.807, 2.05) is 0 Å². The number of aliphatic imine (C=N–C) groups is 2. The molecule has 0 aliphatic carbocycles. The monoisotopic (exact) mass is 874 g/mol. The van der Waals surface area contributed by atoms with Crippen LogP contribution >= 0.6 is 129 Å². The molecule has 0 aromatic carbocycles. The first-order valence-corrected chi connectivity index (χ1v) is 27.0. The van der Waals surface area contributed by atoms with Gasteiger partial charge in [0.05, 0.1) is 56.8 Å². The van der Waals surface area contributed by atoms with Gasteiger partial charge < -0.3 is 30.5 Å². The number of nitrogens with one attached hydrogen (secondary N) is 2. The van der Waals surface area contributed by atoms with Crippen molar-refractivity contribution in [3.63, 3.8) is 0 Å². The van der Waals surface area contributed by atoms with E-state index in [0.717, 1.165) is 39.6 Å². The average Bonchev–Trinajstić information content (AvgIpc) is 3.05. The molecular weight excluding hydrogens is 833 g/mol. The summed E-state index contributed by atoms with van der Waals surface area (Å²) in [6.45, 7) is 0. The number of hydrogen-bond donors (Lipinski definition) is 4. The van der Waals surface area contributed by atoms with Crippen LogP contribution in [0.4, 0.5) is 9.59 Å². The van der Waals surface area contributed by atoms with E-state index in [-0.39, 0.29) is 23.1 Å². The molecular formula is C22H42N4O8S12. The zero-order chi connectivity index (χ0) is 33.6. The lowest BCUT2D eigenvalue weighted by molar-refractivity contribution is -0.196. The SMILES string of the molecule is O=C(NCSCCSCN=CS(=O)CSCSCO)OCSCCSCOOC=NCSCCSCNC(=O)SCSCSCO. The van der Waals surface area contributed by atoms with Crippen molar-refractivity contribution in [2.24, 2.45) is 9.98 Å². The highest BCUT2D eigenvalue weighted by atomic mass is 32.2. The number of ether oxygens (including phenoxy) is 1. The molecule has 0 spiro atoms. The molecule has 1 unspecified atom stereocenters. The topological polar surface area (TPSA) is 168 Å². The third kappa shape index (κ3) is 40.2. The molecule has 24 heteroatoms. The van der Waals surface area contributed by atoms with Gasteiger partial charge in [0.1, 0.15) is 11.9 Å². The van der Waals surface area contributed by atoms with Crippen LogP contribution in [0.15, 0.2) is 9.98 Å². The van der Waals surface area contributed by atoms with Crippen LogP contribution in [0.2, 0.25) is 0 Å². The second kappa shape index (κ2) is 41.2. The Bertz CT molecular complexity index is 799. The highest BCUT2D eigenvalue weighted by Crippen LogP contribution is 2.18. The van der Waals surface area contributed by atoms with Gasteiger partial charge in [-0.3, -0.25) is 14.0 Å². The van der Waals surface area contributed by atoms with Gasteiger partial charge in [-0.05, 0) is 0 Å². The number of nitrogens with zero attached hydrogens (tertiary/aromatic N) is 2. The minimum atomic E-state index is -1.08. The van der Waals surface area contributed by atoms with E-state index in [2.05, 4.69) is 20.6 Å². The highest BCUT2D eigenvalue weighted by molar-refractivity contribution is 8.27. The molecule has 0 aliphatic heterocycles. The first-order chi connectivity index (χ1) is 22.6. The van der Waals surface area contributed by atoms with Gasteiger partial charge >= 0.3 is 6.09 Å². The van der Waals surface area contributed by atoms with Gasteiger partial charge in [-0.2, -0.15) is 4.89 Å². The summed E-state index contributed by atoms with van der Waals surface area (Å²) in [5, 5.41) is 25.6. The summed E-state index contributed by atoms with van der Waals surface area (Å²) in [6.07, 6.45) is 0.854. The van der Waals surface area contributed by atoms with Crippen molar-refractivity contribution in [2.45, 2.75) is 0 Å². The molecule has 0 heterocycles. The maximum absolute atomic E-state index is 11.7. The number of carbonyl (C=O) groups is 2. The van der Waals surface area contributed by atoms with Gasteiger partial charge in [0.15, 0.2) is 0 Å². The van der Waals surface area contributed by atoms with Crippen LogP contribution in [-0.4, -0.2) is 140 Å². The van der Waals surface area contributed by atoms with Gasteiger partial charge in [-0.25, -0.2) is 9.79 Å². The number of amides is 2. The zero-order valence-electron chi connectivity index (χ0n) is 25.0. The van der Waals surface area contributed by atoms with Crippen molar-refractivity contribution in [2.75, 3.05) is 102 Å². The fraction of sp³-hybridized carbons (Fsp3) is 0.818. The van der Waals surface area contributed by atoms with Gasteiger partial charge in [0, 0.05) is 49.8 Å². The van der Waals surface area contributed by atoms with Crippen LogP contribution in [0, 0.1) is 0 Å². The Labute approximate surface area is 321 Å². The first-order valence-electron chi connectivity index (χ1n) is 13.0. The van der Waals surface area contributed by atoms with Crippen LogP contribution < -0.4 is 10.6 Å². The maximum Gasteiger partial charge on any atom is 0.408 e. The van der Waals surface area contributed by atoms with E-state index in [0.29, 0.717) is 44.7 Å². The number of rotatable bonds is 34.